The summed E-state index contributed by atoms with van der Waals surface area (Å²) < 4.78 is 0. The van der Waals surface area contributed by atoms with Crippen LogP contribution in [0.2, 0.25) is 0 Å². The Bertz CT molecular complexity index is 256. The zero-order valence-electron chi connectivity index (χ0n) is 11.5. The Hall–Kier alpha value is -0.0400. The first kappa shape index (κ1) is 12.0. The first-order valence-corrected chi connectivity index (χ1v) is 8.03. The number of nitrogens with one attached hydrogen (secondary N) is 1. The van der Waals surface area contributed by atoms with Gasteiger partial charge in [0.2, 0.25) is 0 Å². The fraction of sp³-hybridized carbons (Fsp3) is 1.00. The maximum Gasteiger partial charge on any atom is 0.00106 e. The molecule has 3 fully saturated rings. The Kier molecular flexibility index (Phi) is 3.47. The van der Waals surface area contributed by atoms with Crippen LogP contribution in [0.4, 0.5) is 0 Å². The van der Waals surface area contributed by atoms with Gasteiger partial charge in [0.25, 0.3) is 0 Å². The molecule has 0 heterocycles. The summed E-state index contributed by atoms with van der Waals surface area (Å²) in [5.74, 6) is 3.25. The van der Waals surface area contributed by atoms with Gasteiger partial charge >= 0.3 is 0 Å². The summed E-state index contributed by atoms with van der Waals surface area (Å²) in [6.45, 7) is 4.74. The van der Waals surface area contributed by atoms with Crippen molar-refractivity contribution in [3.05, 3.63) is 0 Å². The average Bonchev–Trinajstić information content (AvgIpc) is 3.02. The van der Waals surface area contributed by atoms with Gasteiger partial charge in [0.1, 0.15) is 0 Å². The zero-order chi connectivity index (χ0) is 11.7. The van der Waals surface area contributed by atoms with E-state index in [0.29, 0.717) is 5.41 Å². The third-order valence-electron chi connectivity index (χ3n) is 6.00. The van der Waals surface area contributed by atoms with Gasteiger partial charge in [-0.3, -0.25) is 0 Å². The van der Waals surface area contributed by atoms with E-state index in [0.717, 1.165) is 24.3 Å². The van der Waals surface area contributed by atoms with E-state index in [4.69, 9.17) is 0 Å². The smallest absolute Gasteiger partial charge is 0.00106 e. The van der Waals surface area contributed by atoms with Crippen molar-refractivity contribution in [3.8, 4) is 0 Å². The number of fused-ring (bicyclic) bond motifs is 2. The molecular weight excluding hydrogens is 206 g/mol. The van der Waals surface area contributed by atoms with Gasteiger partial charge in [0.15, 0.2) is 0 Å². The molecular formula is C16H29N. The molecule has 0 aliphatic heterocycles. The second kappa shape index (κ2) is 4.91. The number of rotatable bonds is 5. The highest BCUT2D eigenvalue weighted by molar-refractivity contribution is 5.02. The molecule has 0 amide bonds. The number of hydrogen-bond donors (Lipinski definition) is 1. The summed E-state index contributed by atoms with van der Waals surface area (Å²) in [4.78, 5) is 0. The summed E-state index contributed by atoms with van der Waals surface area (Å²) in [5.41, 5.74) is 0.716. The predicted octanol–water partition coefficient (Wildman–Crippen LogP) is 3.98. The zero-order valence-corrected chi connectivity index (χ0v) is 11.5. The Labute approximate surface area is 107 Å². The van der Waals surface area contributed by atoms with Gasteiger partial charge in [0.05, 0.1) is 0 Å². The molecule has 1 heteroatoms. The van der Waals surface area contributed by atoms with Crippen LogP contribution in [0.25, 0.3) is 0 Å². The van der Waals surface area contributed by atoms with Crippen LogP contribution in [0, 0.1) is 23.2 Å². The van der Waals surface area contributed by atoms with Crippen molar-refractivity contribution in [1.82, 2.24) is 5.32 Å². The molecule has 3 rings (SSSR count). The lowest BCUT2D eigenvalue weighted by Crippen LogP contribution is -2.40. The first-order chi connectivity index (χ1) is 8.32. The van der Waals surface area contributed by atoms with Crippen LogP contribution in [-0.4, -0.2) is 13.1 Å². The average molecular weight is 235 g/mol. The molecule has 1 nitrogen and oxygen atoms in total. The van der Waals surface area contributed by atoms with E-state index in [1.165, 1.54) is 32.2 Å². The van der Waals surface area contributed by atoms with E-state index in [1.807, 2.05) is 0 Å². The number of hydrogen-bond acceptors (Lipinski definition) is 1. The molecule has 3 aliphatic rings. The summed E-state index contributed by atoms with van der Waals surface area (Å²) in [7, 11) is 0. The third kappa shape index (κ3) is 2.28. The van der Waals surface area contributed by atoms with Crippen molar-refractivity contribution in [2.45, 2.75) is 64.7 Å². The fourth-order valence-corrected chi connectivity index (χ4v) is 5.26. The van der Waals surface area contributed by atoms with Crippen LogP contribution >= 0.6 is 0 Å². The van der Waals surface area contributed by atoms with Crippen LogP contribution in [0.5, 0.6) is 0 Å². The molecule has 3 saturated carbocycles. The van der Waals surface area contributed by atoms with Crippen LogP contribution in [0.15, 0.2) is 0 Å². The van der Waals surface area contributed by atoms with Crippen LogP contribution in [0.1, 0.15) is 64.7 Å². The minimum absolute atomic E-state index is 0.716. The highest BCUT2D eigenvalue weighted by atomic mass is 14.9. The van der Waals surface area contributed by atoms with E-state index in [2.05, 4.69) is 12.2 Å². The Balaban J connectivity index is 1.67. The standard InChI is InChI=1S/C16H29N/c1-2-17-12-16(10-13-5-3-4-6-13)11-14-7-8-15(16)9-14/h13-15,17H,2-12H2,1H3. The quantitative estimate of drug-likeness (QED) is 0.760. The minimum atomic E-state index is 0.716. The van der Waals surface area contributed by atoms with Crippen LogP contribution in [-0.2, 0) is 0 Å². The van der Waals surface area contributed by atoms with Crippen molar-refractivity contribution >= 4 is 0 Å². The normalized spacial score (nSPS) is 41.5. The molecule has 0 aromatic rings. The molecule has 0 spiro atoms. The Morgan fingerprint density at radius 1 is 1.12 bits per heavy atom. The maximum absolute atomic E-state index is 3.69. The molecule has 3 aliphatic carbocycles. The SMILES string of the molecule is CCNCC1(CC2CCCC2)CC2CCC1C2. The van der Waals surface area contributed by atoms with Gasteiger partial charge in [-0.2, -0.15) is 0 Å². The lowest BCUT2D eigenvalue weighted by atomic mass is 9.67. The molecule has 2 bridgehead atoms. The first-order valence-electron chi connectivity index (χ1n) is 8.03. The summed E-state index contributed by atoms with van der Waals surface area (Å²) in [6.07, 6.45) is 13.9. The van der Waals surface area contributed by atoms with Gasteiger partial charge in [0, 0.05) is 6.54 Å². The highest BCUT2D eigenvalue weighted by Crippen LogP contribution is 2.59. The Morgan fingerprint density at radius 2 is 1.94 bits per heavy atom. The van der Waals surface area contributed by atoms with Gasteiger partial charge in [-0.1, -0.05) is 39.0 Å². The molecule has 3 unspecified atom stereocenters. The molecule has 0 radical (unpaired) electrons. The fourth-order valence-electron chi connectivity index (χ4n) is 5.26. The summed E-state index contributed by atoms with van der Waals surface area (Å²) >= 11 is 0. The van der Waals surface area contributed by atoms with Crippen LogP contribution < -0.4 is 5.32 Å². The topological polar surface area (TPSA) is 12.0 Å². The van der Waals surface area contributed by atoms with E-state index >= 15 is 0 Å². The van der Waals surface area contributed by atoms with E-state index in [-0.39, 0.29) is 0 Å². The molecule has 98 valence electrons. The molecule has 0 aromatic carbocycles. The lowest BCUT2D eigenvalue weighted by Gasteiger charge is -2.40. The second-order valence-corrected chi connectivity index (χ2v) is 7.08. The van der Waals surface area contributed by atoms with Gasteiger partial charge in [-0.05, 0) is 55.4 Å². The highest BCUT2D eigenvalue weighted by Gasteiger charge is 2.51. The summed E-state index contributed by atoms with van der Waals surface area (Å²) in [6, 6.07) is 0. The van der Waals surface area contributed by atoms with E-state index in [9.17, 15) is 0 Å². The van der Waals surface area contributed by atoms with Crippen molar-refractivity contribution in [2.75, 3.05) is 13.1 Å². The van der Waals surface area contributed by atoms with E-state index < -0.39 is 0 Å². The van der Waals surface area contributed by atoms with E-state index in [1.54, 1.807) is 32.1 Å². The van der Waals surface area contributed by atoms with Crippen molar-refractivity contribution < 1.29 is 0 Å². The van der Waals surface area contributed by atoms with Crippen LogP contribution in [0.3, 0.4) is 0 Å². The largest absolute Gasteiger partial charge is 0.316 e. The Morgan fingerprint density at radius 3 is 2.53 bits per heavy atom. The minimum Gasteiger partial charge on any atom is -0.316 e. The van der Waals surface area contributed by atoms with Crippen molar-refractivity contribution in [1.29, 1.82) is 0 Å². The molecule has 17 heavy (non-hydrogen) atoms. The maximum atomic E-state index is 3.69. The van der Waals surface area contributed by atoms with Gasteiger partial charge < -0.3 is 5.32 Å². The van der Waals surface area contributed by atoms with Gasteiger partial charge in [-0.15, -0.1) is 0 Å². The molecule has 0 saturated heterocycles. The monoisotopic (exact) mass is 235 g/mol. The van der Waals surface area contributed by atoms with Gasteiger partial charge in [-0.25, -0.2) is 0 Å². The second-order valence-electron chi connectivity index (χ2n) is 7.08. The lowest BCUT2D eigenvalue weighted by molar-refractivity contribution is 0.117. The third-order valence-corrected chi connectivity index (χ3v) is 6.00. The van der Waals surface area contributed by atoms with Crippen molar-refractivity contribution in [2.24, 2.45) is 23.2 Å². The molecule has 3 atom stereocenters. The molecule has 0 aromatic heterocycles. The predicted molar refractivity (Wildman–Crippen MR) is 73.0 cm³/mol. The van der Waals surface area contributed by atoms with Crippen molar-refractivity contribution in [3.63, 3.8) is 0 Å². The summed E-state index contributed by atoms with van der Waals surface area (Å²) in [5, 5.41) is 3.69. The molecule has 1 N–H and O–H groups in total.